The summed E-state index contributed by atoms with van der Waals surface area (Å²) in [7, 11) is 0. The van der Waals surface area contributed by atoms with Crippen molar-refractivity contribution >= 4 is 11.9 Å². The molecule has 4 nitrogen and oxygen atoms in total. The number of carbonyl (C=O) groups excluding carboxylic acids is 2. The highest BCUT2D eigenvalue weighted by atomic mass is 16.6. The molecule has 114 valence electrons. The smallest absolute Gasteiger partial charge is 0.333 e. The molecule has 0 aromatic carbocycles. The summed E-state index contributed by atoms with van der Waals surface area (Å²) in [4.78, 5) is 23.4. The lowest BCUT2D eigenvalue weighted by molar-refractivity contribution is -0.158. The summed E-state index contributed by atoms with van der Waals surface area (Å²) in [5, 5.41) is 0. The van der Waals surface area contributed by atoms with Gasteiger partial charge in [-0.2, -0.15) is 0 Å². The van der Waals surface area contributed by atoms with Gasteiger partial charge in [0.2, 0.25) is 0 Å². The third-order valence-electron chi connectivity index (χ3n) is 3.13. The molecule has 0 aromatic rings. The minimum atomic E-state index is -0.669. The number of allylic oxidation sites excluding steroid dienone is 1. The van der Waals surface area contributed by atoms with Gasteiger partial charge in [0.25, 0.3) is 0 Å². The summed E-state index contributed by atoms with van der Waals surface area (Å²) >= 11 is 0. The number of esters is 2. The van der Waals surface area contributed by atoms with E-state index in [-0.39, 0.29) is 25.1 Å². The van der Waals surface area contributed by atoms with E-state index < -0.39 is 11.4 Å². The Hall–Kier alpha value is -1.58. The Labute approximate surface area is 121 Å². The number of rotatable bonds is 7. The van der Waals surface area contributed by atoms with Crippen LogP contribution in [0.2, 0.25) is 0 Å². The van der Waals surface area contributed by atoms with Crippen molar-refractivity contribution in [2.24, 2.45) is 11.3 Å². The van der Waals surface area contributed by atoms with E-state index in [9.17, 15) is 9.59 Å². The zero-order chi connectivity index (χ0) is 15.9. The molecule has 0 radical (unpaired) electrons. The van der Waals surface area contributed by atoms with Gasteiger partial charge in [-0.15, -0.1) is 0 Å². The summed E-state index contributed by atoms with van der Waals surface area (Å²) in [6.07, 6.45) is 1.92. The summed E-state index contributed by atoms with van der Waals surface area (Å²) in [5.74, 6) is -0.667. The first kappa shape index (κ1) is 18.4. The topological polar surface area (TPSA) is 52.6 Å². The van der Waals surface area contributed by atoms with E-state index in [1.54, 1.807) is 6.92 Å². The molecule has 1 unspecified atom stereocenters. The lowest BCUT2D eigenvalue weighted by atomic mass is 9.78. The van der Waals surface area contributed by atoms with E-state index in [1.165, 1.54) is 0 Å². The molecule has 20 heavy (non-hydrogen) atoms. The Kier molecular flexibility index (Phi) is 7.25. The molecular formula is C16H26O4. The van der Waals surface area contributed by atoms with Crippen LogP contribution in [0.4, 0.5) is 0 Å². The quantitative estimate of drug-likeness (QED) is 0.311. The fraction of sp³-hybridized carbons (Fsp3) is 0.625. The van der Waals surface area contributed by atoms with Crippen molar-refractivity contribution in [1.29, 1.82) is 0 Å². The molecule has 1 atom stereocenters. The lowest BCUT2D eigenvalue weighted by Crippen LogP contribution is -2.34. The number of hydrogen-bond donors (Lipinski definition) is 0. The second-order valence-electron chi connectivity index (χ2n) is 5.71. The van der Waals surface area contributed by atoms with Crippen LogP contribution in [0.1, 0.15) is 41.5 Å². The first-order valence-electron chi connectivity index (χ1n) is 6.77. The highest BCUT2D eigenvalue weighted by Gasteiger charge is 2.35. The van der Waals surface area contributed by atoms with Crippen LogP contribution in [-0.2, 0) is 19.1 Å². The fourth-order valence-electron chi connectivity index (χ4n) is 1.61. The van der Waals surface area contributed by atoms with Crippen molar-refractivity contribution in [3.05, 3.63) is 23.8 Å². The molecule has 0 amide bonds. The molecule has 0 saturated heterocycles. The second-order valence-corrected chi connectivity index (χ2v) is 5.71. The van der Waals surface area contributed by atoms with Gasteiger partial charge >= 0.3 is 11.9 Å². The monoisotopic (exact) mass is 282 g/mol. The zero-order valence-corrected chi connectivity index (χ0v) is 13.4. The molecule has 0 N–H and O–H groups in total. The molecule has 0 aliphatic heterocycles. The second kappa shape index (κ2) is 7.88. The average Bonchev–Trinajstić information content (AvgIpc) is 2.32. The Balaban J connectivity index is 4.47. The van der Waals surface area contributed by atoms with Crippen molar-refractivity contribution in [3.63, 3.8) is 0 Å². The van der Waals surface area contributed by atoms with Crippen LogP contribution in [0.5, 0.6) is 0 Å². The van der Waals surface area contributed by atoms with Gasteiger partial charge in [-0.05, 0) is 33.6 Å². The highest BCUT2D eigenvalue weighted by Crippen LogP contribution is 2.31. The molecule has 0 bridgehead atoms. The molecule has 0 fully saturated rings. The fourth-order valence-corrected chi connectivity index (χ4v) is 1.61. The third kappa shape index (κ3) is 5.59. The highest BCUT2D eigenvalue weighted by molar-refractivity contribution is 5.86. The standard InChI is InChI=1S/C16H26O4/c1-11(2)10-16(7,13(5)6)15(18)20-9-8-19-14(17)12(3)4/h10,13H,3,8-9H2,1-2,4-7H3. The van der Waals surface area contributed by atoms with E-state index in [4.69, 9.17) is 9.47 Å². The molecule has 0 saturated carbocycles. The van der Waals surface area contributed by atoms with E-state index in [0.29, 0.717) is 5.57 Å². The number of carbonyl (C=O) groups is 2. The Morgan fingerprint density at radius 1 is 1.15 bits per heavy atom. The minimum absolute atomic E-state index is 0.0421. The van der Waals surface area contributed by atoms with Crippen molar-refractivity contribution < 1.29 is 19.1 Å². The van der Waals surface area contributed by atoms with Crippen LogP contribution in [0, 0.1) is 11.3 Å². The van der Waals surface area contributed by atoms with E-state index in [1.807, 2.05) is 40.7 Å². The number of hydrogen-bond acceptors (Lipinski definition) is 4. The normalized spacial score (nSPS) is 13.3. The zero-order valence-electron chi connectivity index (χ0n) is 13.4. The predicted molar refractivity (Wildman–Crippen MR) is 79.1 cm³/mol. The summed E-state index contributed by atoms with van der Waals surface area (Å²) in [6, 6.07) is 0. The molecule has 0 aliphatic carbocycles. The molecule has 4 heteroatoms. The van der Waals surface area contributed by atoms with Gasteiger partial charge in [0.1, 0.15) is 13.2 Å². The predicted octanol–water partition coefficient (Wildman–Crippen LogP) is 3.28. The Bertz CT molecular complexity index is 403. The van der Waals surface area contributed by atoms with Crippen molar-refractivity contribution in [1.82, 2.24) is 0 Å². The molecule has 0 aromatic heterocycles. The summed E-state index contributed by atoms with van der Waals surface area (Å²) < 4.78 is 10.1. The van der Waals surface area contributed by atoms with Crippen LogP contribution in [0.25, 0.3) is 0 Å². The van der Waals surface area contributed by atoms with E-state index >= 15 is 0 Å². The van der Waals surface area contributed by atoms with Crippen molar-refractivity contribution in [3.8, 4) is 0 Å². The molecule has 0 rings (SSSR count). The van der Waals surface area contributed by atoms with Gasteiger partial charge in [-0.3, -0.25) is 4.79 Å². The van der Waals surface area contributed by atoms with Gasteiger partial charge in [-0.25, -0.2) is 4.79 Å². The minimum Gasteiger partial charge on any atom is -0.461 e. The van der Waals surface area contributed by atoms with Gasteiger partial charge < -0.3 is 9.47 Å². The van der Waals surface area contributed by atoms with Gasteiger partial charge in [0.15, 0.2) is 0 Å². The SMILES string of the molecule is C=C(C)C(=O)OCCOC(=O)C(C)(C=C(C)C)C(C)C. The summed E-state index contributed by atoms with van der Waals surface area (Å²) in [6.45, 7) is 14.8. The maximum atomic E-state index is 12.2. The first-order chi connectivity index (χ1) is 9.11. The summed E-state index contributed by atoms with van der Waals surface area (Å²) in [5.41, 5.74) is 0.719. The average molecular weight is 282 g/mol. The van der Waals surface area contributed by atoms with Crippen LogP contribution < -0.4 is 0 Å². The Morgan fingerprint density at radius 2 is 1.65 bits per heavy atom. The van der Waals surface area contributed by atoms with E-state index in [0.717, 1.165) is 5.57 Å². The lowest BCUT2D eigenvalue weighted by Gasteiger charge is -2.28. The molecule has 0 spiro atoms. The van der Waals surface area contributed by atoms with Gasteiger partial charge in [0.05, 0.1) is 5.41 Å². The third-order valence-corrected chi connectivity index (χ3v) is 3.13. The van der Waals surface area contributed by atoms with E-state index in [2.05, 4.69) is 6.58 Å². The maximum Gasteiger partial charge on any atom is 0.333 e. The van der Waals surface area contributed by atoms with Crippen LogP contribution in [0.15, 0.2) is 23.8 Å². The van der Waals surface area contributed by atoms with Crippen molar-refractivity contribution in [2.75, 3.05) is 13.2 Å². The van der Waals surface area contributed by atoms with Gasteiger partial charge in [-0.1, -0.05) is 32.1 Å². The maximum absolute atomic E-state index is 12.2. The van der Waals surface area contributed by atoms with Crippen LogP contribution in [-0.4, -0.2) is 25.2 Å². The number of ether oxygens (including phenoxy) is 2. The van der Waals surface area contributed by atoms with Crippen LogP contribution >= 0.6 is 0 Å². The van der Waals surface area contributed by atoms with Crippen LogP contribution in [0.3, 0.4) is 0 Å². The first-order valence-corrected chi connectivity index (χ1v) is 6.77. The molecule has 0 aliphatic rings. The van der Waals surface area contributed by atoms with Crippen molar-refractivity contribution in [2.45, 2.75) is 41.5 Å². The molecular weight excluding hydrogens is 256 g/mol. The molecule has 0 heterocycles. The van der Waals surface area contributed by atoms with Gasteiger partial charge in [0, 0.05) is 5.57 Å². The largest absolute Gasteiger partial charge is 0.461 e. The Morgan fingerprint density at radius 3 is 2.05 bits per heavy atom.